The fourth-order valence-corrected chi connectivity index (χ4v) is 3.62. The maximum atomic E-state index is 10.9. The van der Waals surface area contributed by atoms with Gasteiger partial charge in [0.05, 0.1) is 30.7 Å². The van der Waals surface area contributed by atoms with Crippen LogP contribution >= 0.6 is 11.3 Å². The lowest BCUT2D eigenvalue weighted by Gasteiger charge is -2.33. The summed E-state index contributed by atoms with van der Waals surface area (Å²) in [6.07, 6.45) is 1.50. The second-order valence-electron chi connectivity index (χ2n) is 5.67. The Hall–Kier alpha value is -2.29. The van der Waals surface area contributed by atoms with Crippen molar-refractivity contribution in [2.45, 2.75) is 6.04 Å². The van der Waals surface area contributed by atoms with Gasteiger partial charge < -0.3 is 9.84 Å². The molecule has 132 valence electrons. The molecule has 2 heterocycles. The first kappa shape index (κ1) is 17.5. The summed E-state index contributed by atoms with van der Waals surface area (Å²) in [6.45, 7) is 3.62. The molecule has 1 aromatic heterocycles. The van der Waals surface area contributed by atoms with Crippen molar-refractivity contribution in [2.75, 3.05) is 32.8 Å². The van der Waals surface area contributed by atoms with Crippen molar-refractivity contribution in [3.05, 3.63) is 56.3 Å². The fourth-order valence-electron chi connectivity index (χ4n) is 2.77. The molecule has 25 heavy (non-hydrogen) atoms. The topological polar surface area (TPSA) is 88.2 Å². The van der Waals surface area contributed by atoms with Gasteiger partial charge in [-0.2, -0.15) is 0 Å². The number of nitro groups is 1. The van der Waals surface area contributed by atoms with E-state index in [0.717, 1.165) is 13.1 Å². The molecule has 0 bridgehead atoms. The van der Waals surface area contributed by atoms with Crippen LogP contribution in [0.5, 0.6) is 5.75 Å². The number of non-ortho nitro benzene ring substituents is 1. The average Bonchev–Trinajstić information content (AvgIpc) is 3.15. The van der Waals surface area contributed by atoms with E-state index in [0.29, 0.717) is 25.3 Å². The Balaban J connectivity index is 1.75. The highest BCUT2D eigenvalue weighted by molar-refractivity contribution is 7.10. The van der Waals surface area contributed by atoms with Gasteiger partial charge in [0.2, 0.25) is 0 Å². The van der Waals surface area contributed by atoms with Crippen molar-refractivity contribution in [1.29, 1.82) is 0 Å². The molecule has 0 radical (unpaired) electrons. The molecule has 1 fully saturated rings. The molecule has 2 aromatic rings. The number of benzene rings is 1. The number of hydrogen-bond donors (Lipinski definition) is 1. The molecular formula is C17H19N3O4S. The van der Waals surface area contributed by atoms with Gasteiger partial charge in [0.1, 0.15) is 5.75 Å². The number of aromatic hydroxyl groups is 1. The van der Waals surface area contributed by atoms with Crippen LogP contribution in [-0.4, -0.2) is 54.0 Å². The van der Waals surface area contributed by atoms with Crippen LogP contribution < -0.4 is 0 Å². The van der Waals surface area contributed by atoms with Gasteiger partial charge >= 0.3 is 0 Å². The summed E-state index contributed by atoms with van der Waals surface area (Å²) in [6, 6.07) is 8.16. The lowest BCUT2D eigenvalue weighted by molar-refractivity contribution is -0.384. The molecule has 0 unspecified atom stereocenters. The normalized spacial score (nSPS) is 17.0. The Morgan fingerprint density at radius 3 is 2.88 bits per heavy atom. The summed E-state index contributed by atoms with van der Waals surface area (Å²) < 4.78 is 5.42. The number of nitro benzene ring substituents is 1. The van der Waals surface area contributed by atoms with Gasteiger partial charge in [-0.05, 0) is 17.5 Å². The fraction of sp³-hybridized carbons (Fsp3) is 0.353. The van der Waals surface area contributed by atoms with Crippen LogP contribution in [-0.2, 0) is 4.74 Å². The lowest BCUT2D eigenvalue weighted by atomic mass is 10.1. The van der Waals surface area contributed by atoms with Crippen LogP contribution in [0.15, 0.2) is 40.7 Å². The third-order valence-electron chi connectivity index (χ3n) is 4.09. The highest BCUT2D eigenvalue weighted by Gasteiger charge is 2.23. The summed E-state index contributed by atoms with van der Waals surface area (Å²) >= 11 is 1.69. The van der Waals surface area contributed by atoms with Gasteiger partial charge in [-0.15, -0.1) is 11.3 Å². The van der Waals surface area contributed by atoms with E-state index in [-0.39, 0.29) is 17.5 Å². The highest BCUT2D eigenvalue weighted by Crippen LogP contribution is 2.27. The van der Waals surface area contributed by atoms with Crippen molar-refractivity contribution in [3.63, 3.8) is 0 Å². The third-order valence-corrected chi connectivity index (χ3v) is 5.06. The summed E-state index contributed by atoms with van der Waals surface area (Å²) in [5.74, 6) is -0.0200. The molecule has 1 atom stereocenters. The SMILES string of the molecule is O=[N+]([O-])c1ccc(O)c(C=NC[C@@H](c2cccs2)N2CCOCC2)c1. The largest absolute Gasteiger partial charge is 0.507 e. The van der Waals surface area contributed by atoms with Crippen LogP contribution in [0, 0.1) is 10.1 Å². The van der Waals surface area contributed by atoms with Crippen molar-refractivity contribution >= 4 is 23.2 Å². The molecular weight excluding hydrogens is 342 g/mol. The van der Waals surface area contributed by atoms with E-state index in [4.69, 9.17) is 4.74 Å². The number of thiophene rings is 1. The van der Waals surface area contributed by atoms with Gasteiger partial charge in [-0.3, -0.25) is 20.0 Å². The Labute approximate surface area is 149 Å². The number of hydrogen-bond acceptors (Lipinski definition) is 7. The molecule has 0 saturated carbocycles. The highest BCUT2D eigenvalue weighted by atomic mass is 32.1. The Morgan fingerprint density at radius 1 is 1.40 bits per heavy atom. The first-order valence-corrected chi connectivity index (χ1v) is 8.85. The minimum atomic E-state index is -0.487. The zero-order valence-corrected chi connectivity index (χ0v) is 14.4. The second kappa shape index (κ2) is 8.19. The van der Waals surface area contributed by atoms with Crippen molar-refractivity contribution in [2.24, 2.45) is 4.99 Å². The Morgan fingerprint density at radius 2 is 2.20 bits per heavy atom. The van der Waals surface area contributed by atoms with E-state index >= 15 is 0 Å². The first-order chi connectivity index (χ1) is 12.1. The molecule has 8 heteroatoms. The van der Waals surface area contributed by atoms with Crippen LogP contribution in [0.1, 0.15) is 16.5 Å². The number of nitrogens with zero attached hydrogens (tertiary/aromatic N) is 3. The molecule has 1 aliphatic rings. The zero-order chi connectivity index (χ0) is 17.6. The van der Waals surface area contributed by atoms with Crippen molar-refractivity contribution in [3.8, 4) is 5.75 Å². The number of phenolic OH excluding ortho intramolecular Hbond substituents is 1. The van der Waals surface area contributed by atoms with E-state index < -0.39 is 4.92 Å². The lowest BCUT2D eigenvalue weighted by Crippen LogP contribution is -2.39. The zero-order valence-electron chi connectivity index (χ0n) is 13.6. The van der Waals surface area contributed by atoms with Gasteiger partial charge in [0, 0.05) is 41.9 Å². The maximum Gasteiger partial charge on any atom is 0.270 e. The summed E-state index contributed by atoms with van der Waals surface area (Å²) in [4.78, 5) is 18.4. The predicted octanol–water partition coefficient (Wildman–Crippen LogP) is 2.85. The molecule has 0 aliphatic carbocycles. The number of rotatable bonds is 6. The maximum absolute atomic E-state index is 10.9. The monoisotopic (exact) mass is 361 g/mol. The van der Waals surface area contributed by atoms with Gasteiger partial charge in [-0.25, -0.2) is 0 Å². The van der Waals surface area contributed by atoms with Crippen LogP contribution in [0.25, 0.3) is 0 Å². The summed E-state index contributed by atoms with van der Waals surface area (Å²) in [5.41, 5.74) is 0.281. The van der Waals surface area contributed by atoms with Gasteiger partial charge in [0.25, 0.3) is 5.69 Å². The predicted molar refractivity (Wildman–Crippen MR) is 96.7 cm³/mol. The van der Waals surface area contributed by atoms with Crippen LogP contribution in [0.3, 0.4) is 0 Å². The van der Waals surface area contributed by atoms with E-state index in [1.54, 1.807) is 11.3 Å². The summed E-state index contributed by atoms with van der Waals surface area (Å²) in [5, 5.41) is 22.8. The number of phenols is 1. The molecule has 3 rings (SSSR count). The quantitative estimate of drug-likeness (QED) is 0.485. The van der Waals surface area contributed by atoms with Crippen molar-refractivity contribution in [1.82, 2.24) is 4.90 Å². The Bertz CT molecular complexity index is 742. The third kappa shape index (κ3) is 4.41. The molecule has 1 N–H and O–H groups in total. The molecule has 0 amide bonds. The molecule has 1 aliphatic heterocycles. The van der Waals surface area contributed by atoms with E-state index in [1.165, 1.54) is 29.3 Å². The van der Waals surface area contributed by atoms with Crippen LogP contribution in [0.4, 0.5) is 5.69 Å². The van der Waals surface area contributed by atoms with Gasteiger partial charge in [0.15, 0.2) is 0 Å². The number of ether oxygens (including phenoxy) is 1. The molecule has 1 saturated heterocycles. The average molecular weight is 361 g/mol. The molecule has 0 spiro atoms. The summed E-state index contributed by atoms with van der Waals surface area (Å²) in [7, 11) is 0. The first-order valence-electron chi connectivity index (χ1n) is 7.97. The smallest absolute Gasteiger partial charge is 0.270 e. The minimum absolute atomic E-state index is 0.0200. The van der Waals surface area contributed by atoms with E-state index in [2.05, 4.69) is 16.0 Å². The number of aliphatic imine (C=N–C) groups is 1. The Kier molecular flexibility index (Phi) is 5.75. The standard InChI is InChI=1S/C17H19N3O4S/c21-16-4-3-14(20(22)23)10-13(16)11-18-12-15(17-2-1-9-25-17)19-5-7-24-8-6-19/h1-4,9-11,15,21H,5-8,12H2/t15-/m0/s1. The van der Waals surface area contributed by atoms with Crippen LogP contribution in [0.2, 0.25) is 0 Å². The molecule has 7 nitrogen and oxygen atoms in total. The second-order valence-corrected chi connectivity index (χ2v) is 6.65. The molecule has 1 aromatic carbocycles. The minimum Gasteiger partial charge on any atom is -0.507 e. The van der Waals surface area contributed by atoms with Crippen molar-refractivity contribution < 1.29 is 14.8 Å². The number of morpholine rings is 1. The van der Waals surface area contributed by atoms with E-state index in [9.17, 15) is 15.2 Å². The van der Waals surface area contributed by atoms with Gasteiger partial charge in [-0.1, -0.05) is 6.07 Å². The van der Waals surface area contributed by atoms with E-state index in [1.807, 2.05) is 11.4 Å².